The van der Waals surface area contributed by atoms with E-state index in [0.29, 0.717) is 36.0 Å². The lowest BCUT2D eigenvalue weighted by molar-refractivity contribution is -0.119. The summed E-state index contributed by atoms with van der Waals surface area (Å²) in [5.74, 6) is 0.589. The lowest BCUT2D eigenvalue weighted by atomic mass is 10.1. The molecule has 3 aromatic rings. The van der Waals surface area contributed by atoms with Crippen molar-refractivity contribution in [3.63, 3.8) is 0 Å². The number of carbonyl (C=O) groups is 1. The van der Waals surface area contributed by atoms with E-state index in [1.54, 1.807) is 30.3 Å². The van der Waals surface area contributed by atoms with Crippen molar-refractivity contribution in [2.24, 2.45) is 5.10 Å². The van der Waals surface area contributed by atoms with Crippen molar-refractivity contribution in [1.82, 2.24) is 5.43 Å². The van der Waals surface area contributed by atoms with E-state index in [0.717, 1.165) is 27.3 Å². The molecular formula is C27H31N3O5S. The van der Waals surface area contributed by atoms with Crippen molar-refractivity contribution in [3.8, 4) is 11.5 Å². The maximum atomic E-state index is 12.5. The minimum Gasteiger partial charge on any atom is -0.490 e. The van der Waals surface area contributed by atoms with Gasteiger partial charge in [-0.3, -0.25) is 9.10 Å². The maximum Gasteiger partial charge on any atom is 0.260 e. The van der Waals surface area contributed by atoms with Crippen molar-refractivity contribution < 1.29 is 22.7 Å². The number of aryl methyl sites for hydroxylation is 1. The van der Waals surface area contributed by atoms with E-state index in [-0.39, 0.29) is 0 Å². The fraction of sp³-hybridized carbons (Fsp3) is 0.259. The highest BCUT2D eigenvalue weighted by Crippen LogP contribution is 2.29. The van der Waals surface area contributed by atoms with Gasteiger partial charge in [-0.2, -0.15) is 5.10 Å². The zero-order valence-electron chi connectivity index (χ0n) is 20.9. The molecule has 3 rings (SSSR count). The summed E-state index contributed by atoms with van der Waals surface area (Å²) >= 11 is 0. The number of nitrogens with zero attached hydrogens (tertiary/aromatic N) is 2. The van der Waals surface area contributed by atoms with E-state index in [9.17, 15) is 13.2 Å². The van der Waals surface area contributed by atoms with Crippen molar-refractivity contribution in [1.29, 1.82) is 0 Å². The third-order valence-corrected chi connectivity index (χ3v) is 6.57. The summed E-state index contributed by atoms with van der Waals surface area (Å²) < 4.78 is 37.5. The summed E-state index contributed by atoms with van der Waals surface area (Å²) in [6, 6.07) is 20.5. The Balaban J connectivity index is 1.67. The first-order valence-electron chi connectivity index (χ1n) is 11.5. The second-order valence-electron chi connectivity index (χ2n) is 8.20. The number of ether oxygens (including phenoxy) is 2. The molecule has 0 saturated carbocycles. The molecule has 0 radical (unpaired) electrons. The van der Waals surface area contributed by atoms with Crippen molar-refractivity contribution in [3.05, 3.63) is 89.0 Å². The van der Waals surface area contributed by atoms with Gasteiger partial charge in [-0.05, 0) is 67.3 Å². The molecule has 8 nitrogen and oxygen atoms in total. The minimum atomic E-state index is -3.68. The Kier molecular flexibility index (Phi) is 9.08. The Bertz CT molecular complexity index is 1320. The largest absolute Gasteiger partial charge is 0.490 e. The van der Waals surface area contributed by atoms with Gasteiger partial charge in [-0.25, -0.2) is 13.8 Å². The van der Waals surface area contributed by atoms with Gasteiger partial charge in [-0.15, -0.1) is 0 Å². The SMILES string of the molecule is CCOc1cc(/C=N\NC(=O)CN(c2cccc(C)c2C)S(C)(=O)=O)ccc1OCc1ccccc1. The standard InChI is InChI=1S/C27H31N3O5S/c1-5-34-26-16-23(14-15-25(26)35-19-22-11-7-6-8-12-22)17-28-29-27(31)18-30(36(4,32)33)24-13-9-10-20(2)21(24)3/h6-17H,5,18-19H2,1-4H3,(H,29,31)/b28-17-. The monoisotopic (exact) mass is 509 g/mol. The van der Waals surface area contributed by atoms with Gasteiger partial charge >= 0.3 is 0 Å². The van der Waals surface area contributed by atoms with Crippen molar-refractivity contribution in [2.75, 3.05) is 23.7 Å². The van der Waals surface area contributed by atoms with E-state index < -0.39 is 22.5 Å². The topological polar surface area (TPSA) is 97.3 Å². The second kappa shape index (κ2) is 12.2. The summed E-state index contributed by atoms with van der Waals surface area (Å²) in [5, 5.41) is 3.99. The highest BCUT2D eigenvalue weighted by molar-refractivity contribution is 7.92. The van der Waals surface area contributed by atoms with Gasteiger partial charge in [0.05, 0.1) is 24.8 Å². The summed E-state index contributed by atoms with van der Waals surface area (Å²) in [6.45, 7) is 6.06. The van der Waals surface area contributed by atoms with Crippen LogP contribution in [0.4, 0.5) is 5.69 Å². The van der Waals surface area contributed by atoms with Crippen LogP contribution in [-0.2, 0) is 21.4 Å². The predicted octanol–water partition coefficient (Wildman–Crippen LogP) is 4.20. The predicted molar refractivity (Wildman–Crippen MR) is 142 cm³/mol. The van der Waals surface area contributed by atoms with Crippen LogP contribution in [0.3, 0.4) is 0 Å². The molecule has 0 saturated heterocycles. The van der Waals surface area contributed by atoms with E-state index in [4.69, 9.17) is 9.47 Å². The summed E-state index contributed by atoms with van der Waals surface area (Å²) in [6.07, 6.45) is 2.53. The first kappa shape index (κ1) is 26.7. The Hall–Kier alpha value is -3.85. The molecular weight excluding hydrogens is 478 g/mol. The molecule has 1 amide bonds. The van der Waals surface area contributed by atoms with Gasteiger partial charge in [-0.1, -0.05) is 42.5 Å². The molecule has 0 atom stereocenters. The number of nitrogens with one attached hydrogen (secondary N) is 1. The second-order valence-corrected chi connectivity index (χ2v) is 10.1. The Morgan fingerprint density at radius 3 is 2.44 bits per heavy atom. The lowest BCUT2D eigenvalue weighted by Gasteiger charge is -2.23. The molecule has 0 spiro atoms. The molecule has 0 aromatic heterocycles. The number of hydrogen-bond acceptors (Lipinski definition) is 6. The number of rotatable bonds is 11. The number of hydrazone groups is 1. The molecule has 0 heterocycles. The summed E-state index contributed by atoms with van der Waals surface area (Å²) in [7, 11) is -3.68. The zero-order chi connectivity index (χ0) is 26.1. The smallest absolute Gasteiger partial charge is 0.260 e. The first-order chi connectivity index (χ1) is 17.2. The van der Waals surface area contributed by atoms with Crippen molar-refractivity contribution >= 4 is 27.8 Å². The molecule has 0 fully saturated rings. The molecule has 3 aromatic carbocycles. The molecule has 0 bridgehead atoms. The third-order valence-electron chi connectivity index (χ3n) is 5.44. The van der Waals surface area contributed by atoms with Crippen molar-refractivity contribution in [2.45, 2.75) is 27.4 Å². The Morgan fingerprint density at radius 2 is 1.75 bits per heavy atom. The number of sulfonamides is 1. The van der Waals surface area contributed by atoms with Crippen LogP contribution in [0.25, 0.3) is 0 Å². The van der Waals surface area contributed by atoms with E-state index in [1.807, 2.05) is 57.2 Å². The maximum absolute atomic E-state index is 12.5. The Labute approximate surface area is 212 Å². The quantitative estimate of drug-likeness (QED) is 0.309. The average Bonchev–Trinajstić information content (AvgIpc) is 2.84. The van der Waals surface area contributed by atoms with Crippen LogP contribution in [0.1, 0.15) is 29.2 Å². The van der Waals surface area contributed by atoms with Gasteiger partial charge in [0.25, 0.3) is 5.91 Å². The molecule has 190 valence electrons. The highest BCUT2D eigenvalue weighted by atomic mass is 32.2. The minimum absolute atomic E-state index is 0.392. The zero-order valence-corrected chi connectivity index (χ0v) is 21.7. The molecule has 0 aliphatic rings. The van der Waals surface area contributed by atoms with Gasteiger partial charge in [0.1, 0.15) is 13.2 Å². The van der Waals surface area contributed by atoms with Crippen LogP contribution in [0, 0.1) is 13.8 Å². The van der Waals surface area contributed by atoms with Crippen LogP contribution in [-0.4, -0.2) is 39.9 Å². The van der Waals surface area contributed by atoms with Crippen LogP contribution in [0.2, 0.25) is 0 Å². The molecule has 0 unspecified atom stereocenters. The summed E-state index contributed by atoms with van der Waals surface area (Å²) in [5.41, 5.74) is 6.31. The van der Waals surface area contributed by atoms with E-state index in [2.05, 4.69) is 10.5 Å². The highest BCUT2D eigenvalue weighted by Gasteiger charge is 2.22. The number of anilines is 1. The fourth-order valence-electron chi connectivity index (χ4n) is 3.46. The summed E-state index contributed by atoms with van der Waals surface area (Å²) in [4.78, 5) is 12.5. The van der Waals surface area contributed by atoms with Crippen LogP contribution in [0.5, 0.6) is 11.5 Å². The number of benzene rings is 3. The lowest BCUT2D eigenvalue weighted by Crippen LogP contribution is -2.39. The first-order valence-corrected chi connectivity index (χ1v) is 13.3. The number of hydrogen-bond donors (Lipinski definition) is 1. The van der Waals surface area contributed by atoms with Gasteiger partial charge in [0.2, 0.25) is 10.0 Å². The molecule has 1 N–H and O–H groups in total. The molecule has 0 aliphatic carbocycles. The number of amides is 1. The Morgan fingerprint density at radius 1 is 1.00 bits per heavy atom. The van der Waals surface area contributed by atoms with Crippen LogP contribution < -0.4 is 19.2 Å². The van der Waals surface area contributed by atoms with Gasteiger partial charge in [0.15, 0.2) is 11.5 Å². The third kappa shape index (κ3) is 7.32. The molecule has 36 heavy (non-hydrogen) atoms. The van der Waals surface area contributed by atoms with Gasteiger partial charge in [0, 0.05) is 0 Å². The fourth-order valence-corrected chi connectivity index (χ4v) is 4.37. The van der Waals surface area contributed by atoms with Crippen LogP contribution in [0.15, 0.2) is 71.8 Å². The van der Waals surface area contributed by atoms with Gasteiger partial charge < -0.3 is 9.47 Å². The average molecular weight is 510 g/mol. The number of carbonyl (C=O) groups excluding carboxylic acids is 1. The van der Waals surface area contributed by atoms with E-state index in [1.165, 1.54) is 6.21 Å². The van der Waals surface area contributed by atoms with Crippen LogP contribution >= 0.6 is 0 Å². The van der Waals surface area contributed by atoms with E-state index >= 15 is 0 Å². The molecule has 0 aliphatic heterocycles. The normalized spacial score (nSPS) is 11.3. The molecule has 9 heteroatoms.